The van der Waals surface area contributed by atoms with Crippen molar-refractivity contribution in [3.05, 3.63) is 47.5 Å². The smallest absolute Gasteiger partial charge is 0.490 e. The Morgan fingerprint density at radius 2 is 0.974 bits per heavy atom. The highest BCUT2D eigenvalue weighted by molar-refractivity contribution is 7.82. The molecule has 0 saturated heterocycles. The zero-order valence-electron chi connectivity index (χ0n) is 19.2. The van der Waals surface area contributed by atoms with Gasteiger partial charge in [0.05, 0.1) is 13.2 Å². The highest BCUT2D eigenvalue weighted by Crippen LogP contribution is 2.34. The van der Waals surface area contributed by atoms with Gasteiger partial charge in [-0.1, -0.05) is 24.3 Å². The molecule has 0 N–H and O–H groups in total. The third-order valence-electron chi connectivity index (χ3n) is 3.78. The van der Waals surface area contributed by atoms with Gasteiger partial charge in [0.15, 0.2) is 23.0 Å². The van der Waals surface area contributed by atoms with Gasteiger partial charge in [0.25, 0.3) is 0 Å². The quantitative estimate of drug-likeness (QED) is 0.245. The van der Waals surface area contributed by atoms with Gasteiger partial charge < -0.3 is 17.8 Å². The molecule has 0 amide bonds. The topological polar surface area (TPSA) is 124 Å². The first-order chi connectivity index (χ1) is 17.4. The lowest BCUT2D eigenvalue weighted by molar-refractivity contribution is -0.275. The van der Waals surface area contributed by atoms with Crippen LogP contribution in [0.1, 0.15) is 25.0 Å². The molecule has 0 aliphatic heterocycles. The monoisotopic (exact) mass is 596 g/mol. The maximum atomic E-state index is 12.3. The molecule has 38 heavy (non-hydrogen) atoms. The maximum Gasteiger partial charge on any atom is 0.539 e. The van der Waals surface area contributed by atoms with E-state index in [2.05, 4.69) is 16.7 Å². The first-order valence-electron chi connectivity index (χ1n) is 10.1. The third kappa shape index (κ3) is 10.6. The van der Waals surface area contributed by atoms with Crippen molar-refractivity contribution in [1.82, 2.24) is 0 Å². The fourth-order valence-corrected chi connectivity index (χ4v) is 3.85. The van der Waals surface area contributed by atoms with Gasteiger partial charge in [-0.15, -0.1) is 34.7 Å². The zero-order chi connectivity index (χ0) is 28.8. The van der Waals surface area contributed by atoms with E-state index < -0.39 is 45.0 Å². The fraction of sp³-hybridized carbons (Fsp3) is 0.300. The summed E-state index contributed by atoms with van der Waals surface area (Å²) in [5.74, 6) is -1.65. The Morgan fingerprint density at radius 3 is 1.26 bits per heavy atom. The molecule has 0 spiro atoms. The molecule has 0 fully saturated rings. The molecule has 0 aliphatic carbocycles. The normalized spacial score (nSPS) is 12.9. The van der Waals surface area contributed by atoms with Crippen LogP contribution in [0.5, 0.6) is 23.0 Å². The summed E-state index contributed by atoms with van der Waals surface area (Å²) in [6, 6.07) is 7.02. The van der Waals surface area contributed by atoms with Crippen molar-refractivity contribution in [2.75, 3.05) is 13.2 Å². The molecule has 212 valence electrons. The molecule has 2 aromatic rings. The van der Waals surface area contributed by atoms with Gasteiger partial charge in [-0.2, -0.15) is 16.8 Å². The van der Waals surface area contributed by atoms with Crippen LogP contribution in [-0.2, 0) is 29.2 Å². The van der Waals surface area contributed by atoms with Crippen molar-refractivity contribution in [3.8, 4) is 23.0 Å². The van der Waals surface area contributed by atoms with Crippen LogP contribution in [-0.4, -0.2) is 42.8 Å². The van der Waals surface area contributed by atoms with Gasteiger partial charge in [0, 0.05) is 0 Å². The number of hydrogen-bond acceptors (Lipinski definition) is 10. The molecule has 18 heteroatoms. The Bertz CT molecular complexity index is 1250. The minimum absolute atomic E-state index is 0.0101. The van der Waals surface area contributed by atoms with Crippen LogP contribution >= 0.6 is 0 Å². The summed E-state index contributed by atoms with van der Waals surface area (Å²) in [5, 5.41) is 0. The minimum atomic E-state index is -5.51. The van der Waals surface area contributed by atoms with E-state index in [0.29, 0.717) is 11.1 Å². The lowest BCUT2D eigenvalue weighted by Crippen LogP contribution is -2.23. The number of rotatable bonds is 12. The van der Waals surface area contributed by atoms with E-state index in [4.69, 9.17) is 9.47 Å². The second kappa shape index (κ2) is 12.1. The van der Waals surface area contributed by atoms with Crippen molar-refractivity contribution in [2.24, 2.45) is 0 Å². The molecule has 0 radical (unpaired) electrons. The largest absolute Gasteiger partial charge is 0.539 e. The molecule has 0 bridgehead atoms. The van der Waals surface area contributed by atoms with Gasteiger partial charge in [0.2, 0.25) is 0 Å². The average molecular weight is 596 g/mol. The average Bonchev–Trinajstić information content (AvgIpc) is 2.72. The van der Waals surface area contributed by atoms with Crippen molar-refractivity contribution in [3.63, 3.8) is 0 Å². The van der Waals surface area contributed by atoms with E-state index in [0.717, 1.165) is 12.1 Å². The number of benzene rings is 2. The summed E-state index contributed by atoms with van der Waals surface area (Å²) in [6.07, 6.45) is -8.16. The van der Waals surface area contributed by atoms with Gasteiger partial charge in [0.1, 0.15) is 0 Å². The van der Waals surface area contributed by atoms with Gasteiger partial charge in [-0.05, 0) is 49.2 Å². The second-order valence-corrected chi connectivity index (χ2v) is 8.95. The Kier molecular flexibility index (Phi) is 9.87. The van der Waals surface area contributed by atoms with E-state index in [1.54, 1.807) is 0 Å². The Hall–Kier alpha value is -3.22. The molecule has 0 unspecified atom stereocenters. The Labute approximate surface area is 212 Å². The zero-order valence-corrected chi connectivity index (χ0v) is 20.8. The van der Waals surface area contributed by atoms with Crippen LogP contribution < -0.4 is 17.8 Å². The van der Waals surface area contributed by atoms with Crippen molar-refractivity contribution >= 4 is 33.0 Å². The Balaban J connectivity index is 2.30. The third-order valence-corrected chi connectivity index (χ3v) is 5.33. The lowest BCUT2D eigenvalue weighted by atomic mass is 10.1. The lowest BCUT2D eigenvalue weighted by Gasteiger charge is -2.13. The van der Waals surface area contributed by atoms with E-state index in [1.165, 1.54) is 50.3 Å². The summed E-state index contributed by atoms with van der Waals surface area (Å²) in [4.78, 5) is 0. The fourth-order valence-electron chi connectivity index (χ4n) is 2.61. The van der Waals surface area contributed by atoms with Crippen LogP contribution in [0.15, 0.2) is 36.4 Å². The first kappa shape index (κ1) is 31.0. The predicted molar refractivity (Wildman–Crippen MR) is 118 cm³/mol. The van der Waals surface area contributed by atoms with Crippen molar-refractivity contribution in [2.45, 2.75) is 26.6 Å². The Morgan fingerprint density at radius 1 is 0.632 bits per heavy atom. The molecule has 0 heterocycles. The molecule has 0 atom stereocenters. The van der Waals surface area contributed by atoms with Gasteiger partial charge in [-0.3, -0.25) is 0 Å². The van der Waals surface area contributed by atoms with Crippen LogP contribution in [0.2, 0.25) is 0 Å². The SMILES string of the molecule is CCOc1cc(C=Cc2ccc(OS(=O)(=O)OC(F)(F)F)c(OCC)c2)ccc1OS(=O)(=O)OC(F)(F)F. The number of alkyl halides is 6. The van der Waals surface area contributed by atoms with Crippen LogP contribution in [0, 0.1) is 0 Å². The van der Waals surface area contributed by atoms with E-state index in [9.17, 15) is 43.2 Å². The van der Waals surface area contributed by atoms with Crippen LogP contribution in [0.3, 0.4) is 0 Å². The van der Waals surface area contributed by atoms with Crippen LogP contribution in [0.25, 0.3) is 12.2 Å². The summed E-state index contributed by atoms with van der Waals surface area (Å²) < 4.78 is 144. The van der Waals surface area contributed by atoms with Gasteiger partial charge in [-0.25, -0.2) is 0 Å². The second-order valence-electron chi connectivity index (χ2n) is 6.65. The molecule has 0 aliphatic rings. The molecule has 0 aromatic heterocycles. The minimum Gasteiger partial charge on any atom is -0.490 e. The summed E-state index contributed by atoms with van der Waals surface area (Å²) >= 11 is 0. The molecule has 2 aromatic carbocycles. The van der Waals surface area contributed by atoms with Crippen molar-refractivity contribution in [1.29, 1.82) is 0 Å². The standard InChI is InChI=1S/C20H18F6O10S2/c1-3-31-17-11-13(7-9-15(17)33-37(27,28)35-19(21,22)23)5-6-14-8-10-16(18(12-14)32-4-2)34-38(29,30)36-20(24,25)26/h5-12H,3-4H2,1-2H3. The molecule has 0 saturated carbocycles. The molecular formula is C20H18F6O10S2. The van der Waals surface area contributed by atoms with E-state index in [1.807, 2.05) is 0 Å². The first-order valence-corrected chi connectivity index (χ1v) is 12.7. The summed E-state index contributed by atoms with van der Waals surface area (Å²) in [6.45, 7) is 3.02. The predicted octanol–water partition coefficient (Wildman–Crippen LogP) is 4.97. The van der Waals surface area contributed by atoms with Gasteiger partial charge >= 0.3 is 33.5 Å². The molecule has 10 nitrogen and oxygen atoms in total. The highest BCUT2D eigenvalue weighted by atomic mass is 32.3. The number of halogens is 6. The van der Waals surface area contributed by atoms with Crippen LogP contribution in [0.4, 0.5) is 26.3 Å². The number of ether oxygens (including phenoxy) is 2. The summed E-state index contributed by atoms with van der Waals surface area (Å²) in [7, 11) is -11.0. The number of hydrogen-bond donors (Lipinski definition) is 0. The van der Waals surface area contributed by atoms with E-state index >= 15 is 0 Å². The molecular weight excluding hydrogens is 578 g/mol. The highest BCUT2D eigenvalue weighted by Gasteiger charge is 2.39. The molecule has 2 rings (SSSR count). The maximum absolute atomic E-state index is 12.3. The van der Waals surface area contributed by atoms with E-state index in [-0.39, 0.29) is 24.7 Å². The van der Waals surface area contributed by atoms with Crippen molar-refractivity contribution < 1.29 is 69.4 Å². The summed E-state index contributed by atoms with van der Waals surface area (Å²) in [5.41, 5.74) is 0.684.